The highest BCUT2D eigenvalue weighted by Crippen LogP contribution is 2.24. The van der Waals surface area contributed by atoms with Crippen LogP contribution in [-0.2, 0) is 5.41 Å². The summed E-state index contributed by atoms with van der Waals surface area (Å²) >= 11 is 5.77. The molecule has 2 aromatic heterocycles. The summed E-state index contributed by atoms with van der Waals surface area (Å²) in [5.74, 6) is 0.970. The number of rotatable bonds is 2. The lowest BCUT2D eigenvalue weighted by Crippen LogP contribution is -2.16. The van der Waals surface area contributed by atoms with E-state index in [1.165, 1.54) is 12.1 Å². The second-order valence-electron chi connectivity index (χ2n) is 6.03. The van der Waals surface area contributed by atoms with Crippen LogP contribution in [0.15, 0.2) is 30.6 Å². The zero-order valence-electron chi connectivity index (χ0n) is 12.4. The number of hydrogen-bond acceptors (Lipinski definition) is 4. The Bertz CT molecular complexity index is 838. The van der Waals surface area contributed by atoms with Crippen molar-refractivity contribution in [2.45, 2.75) is 26.2 Å². The van der Waals surface area contributed by atoms with Crippen molar-refractivity contribution in [3.63, 3.8) is 0 Å². The summed E-state index contributed by atoms with van der Waals surface area (Å²) in [6.07, 6.45) is 1.67. The Hall–Kier alpha value is -2.21. The van der Waals surface area contributed by atoms with Gasteiger partial charge in [-0.1, -0.05) is 32.4 Å². The molecular weight excluding hydrogens is 305 g/mol. The van der Waals surface area contributed by atoms with Crippen molar-refractivity contribution in [1.82, 2.24) is 19.6 Å². The molecular formula is C15H15ClFN5. The number of hydrogen-bond donors (Lipinski definition) is 1. The molecule has 1 N–H and O–H groups in total. The first-order valence-corrected chi connectivity index (χ1v) is 7.16. The van der Waals surface area contributed by atoms with Crippen LogP contribution >= 0.6 is 11.6 Å². The lowest BCUT2D eigenvalue weighted by molar-refractivity contribution is 0.537. The number of nitrogens with zero attached hydrogens (tertiary/aromatic N) is 4. The molecule has 0 saturated carbocycles. The van der Waals surface area contributed by atoms with Gasteiger partial charge in [0.15, 0.2) is 5.65 Å². The molecule has 0 aliphatic rings. The maximum absolute atomic E-state index is 13.2. The number of anilines is 2. The number of aromatic nitrogens is 4. The van der Waals surface area contributed by atoms with Gasteiger partial charge in [0.25, 0.3) is 0 Å². The fourth-order valence-corrected chi connectivity index (χ4v) is 2.28. The molecule has 3 aromatic rings. The Balaban J connectivity index is 1.94. The highest BCUT2D eigenvalue weighted by Gasteiger charge is 2.21. The minimum atomic E-state index is -0.456. The van der Waals surface area contributed by atoms with Crippen molar-refractivity contribution in [2.75, 3.05) is 5.32 Å². The average molecular weight is 320 g/mol. The van der Waals surface area contributed by atoms with Gasteiger partial charge in [0.05, 0.1) is 5.02 Å². The number of benzene rings is 1. The number of fused-ring (bicyclic) bond motifs is 1. The average Bonchev–Trinajstić information content (AvgIpc) is 2.86. The van der Waals surface area contributed by atoms with Gasteiger partial charge in [-0.2, -0.15) is 0 Å². The molecule has 22 heavy (non-hydrogen) atoms. The van der Waals surface area contributed by atoms with Crippen LogP contribution in [0, 0.1) is 5.82 Å². The van der Waals surface area contributed by atoms with Crippen molar-refractivity contribution in [1.29, 1.82) is 0 Å². The van der Waals surface area contributed by atoms with Crippen LogP contribution < -0.4 is 5.32 Å². The van der Waals surface area contributed by atoms with E-state index < -0.39 is 5.82 Å². The van der Waals surface area contributed by atoms with E-state index >= 15 is 0 Å². The second kappa shape index (κ2) is 5.21. The second-order valence-corrected chi connectivity index (χ2v) is 6.44. The van der Waals surface area contributed by atoms with Crippen LogP contribution in [-0.4, -0.2) is 19.6 Å². The third-order valence-corrected chi connectivity index (χ3v) is 3.45. The van der Waals surface area contributed by atoms with Crippen LogP contribution in [0.5, 0.6) is 0 Å². The zero-order chi connectivity index (χ0) is 15.9. The van der Waals surface area contributed by atoms with Crippen molar-refractivity contribution in [3.8, 4) is 0 Å². The molecule has 7 heteroatoms. The minimum absolute atomic E-state index is 0.0589. The molecule has 0 unspecified atom stereocenters. The van der Waals surface area contributed by atoms with E-state index in [4.69, 9.17) is 11.6 Å². The summed E-state index contributed by atoms with van der Waals surface area (Å²) in [6, 6.07) is 6.18. The van der Waals surface area contributed by atoms with Gasteiger partial charge < -0.3 is 5.32 Å². The van der Waals surface area contributed by atoms with Gasteiger partial charge in [-0.3, -0.25) is 4.40 Å². The summed E-state index contributed by atoms with van der Waals surface area (Å²) in [7, 11) is 0. The van der Waals surface area contributed by atoms with E-state index in [0.29, 0.717) is 17.2 Å². The maximum atomic E-state index is 13.2. The SMILES string of the molecule is CC(C)(C)c1nnc2cc(Nc3ccc(F)c(Cl)c3)ncn12. The van der Waals surface area contributed by atoms with Crippen LogP contribution in [0.25, 0.3) is 5.65 Å². The third kappa shape index (κ3) is 2.74. The van der Waals surface area contributed by atoms with E-state index in [1.54, 1.807) is 18.5 Å². The van der Waals surface area contributed by atoms with E-state index in [-0.39, 0.29) is 10.4 Å². The van der Waals surface area contributed by atoms with Gasteiger partial charge in [-0.15, -0.1) is 10.2 Å². The summed E-state index contributed by atoms with van der Waals surface area (Å²) < 4.78 is 15.0. The predicted molar refractivity (Wildman–Crippen MR) is 84.2 cm³/mol. The van der Waals surface area contributed by atoms with Crippen molar-refractivity contribution in [2.24, 2.45) is 0 Å². The fourth-order valence-electron chi connectivity index (χ4n) is 2.10. The first-order valence-electron chi connectivity index (χ1n) is 6.78. The van der Waals surface area contributed by atoms with Gasteiger partial charge in [-0.05, 0) is 18.2 Å². The summed E-state index contributed by atoms with van der Waals surface area (Å²) in [4.78, 5) is 4.34. The first-order chi connectivity index (χ1) is 10.3. The molecule has 5 nitrogen and oxygen atoms in total. The lowest BCUT2D eigenvalue weighted by atomic mass is 9.96. The molecule has 0 atom stereocenters. The van der Waals surface area contributed by atoms with E-state index in [1.807, 2.05) is 4.40 Å². The van der Waals surface area contributed by atoms with Crippen LogP contribution in [0.3, 0.4) is 0 Å². The van der Waals surface area contributed by atoms with Gasteiger partial charge in [0, 0.05) is 17.2 Å². The molecule has 2 heterocycles. The zero-order valence-corrected chi connectivity index (χ0v) is 13.2. The van der Waals surface area contributed by atoms with E-state index in [0.717, 1.165) is 5.82 Å². The van der Waals surface area contributed by atoms with Gasteiger partial charge in [0.2, 0.25) is 0 Å². The maximum Gasteiger partial charge on any atom is 0.165 e. The Kier molecular flexibility index (Phi) is 3.48. The molecule has 0 bridgehead atoms. The highest BCUT2D eigenvalue weighted by molar-refractivity contribution is 6.31. The van der Waals surface area contributed by atoms with Crippen molar-refractivity contribution < 1.29 is 4.39 Å². The molecule has 0 amide bonds. The molecule has 0 saturated heterocycles. The highest BCUT2D eigenvalue weighted by atomic mass is 35.5. The smallest absolute Gasteiger partial charge is 0.165 e. The number of halogens is 2. The van der Waals surface area contributed by atoms with E-state index in [9.17, 15) is 4.39 Å². The summed E-state index contributed by atoms with van der Waals surface area (Å²) in [6.45, 7) is 6.20. The van der Waals surface area contributed by atoms with Gasteiger partial charge in [-0.25, -0.2) is 9.37 Å². The van der Waals surface area contributed by atoms with Crippen LogP contribution in [0.4, 0.5) is 15.9 Å². The van der Waals surface area contributed by atoms with E-state index in [2.05, 4.69) is 41.3 Å². The predicted octanol–water partition coefficient (Wildman–Crippen LogP) is 3.96. The van der Waals surface area contributed by atoms with Crippen molar-refractivity contribution >= 4 is 28.8 Å². The normalized spacial score (nSPS) is 11.9. The van der Waals surface area contributed by atoms with Crippen molar-refractivity contribution in [3.05, 3.63) is 47.3 Å². The largest absolute Gasteiger partial charge is 0.340 e. The first kappa shape index (κ1) is 14.7. The quantitative estimate of drug-likeness (QED) is 0.777. The Morgan fingerprint density at radius 3 is 2.64 bits per heavy atom. The molecule has 114 valence electrons. The molecule has 0 aliphatic heterocycles. The molecule has 0 spiro atoms. The topological polar surface area (TPSA) is 55.1 Å². The molecule has 3 rings (SSSR count). The molecule has 0 aliphatic carbocycles. The molecule has 1 aromatic carbocycles. The Labute approximate surface area is 132 Å². The lowest BCUT2D eigenvalue weighted by Gasteiger charge is -2.15. The fraction of sp³-hybridized carbons (Fsp3) is 0.267. The van der Waals surface area contributed by atoms with Gasteiger partial charge >= 0.3 is 0 Å². The summed E-state index contributed by atoms with van der Waals surface area (Å²) in [5.41, 5.74) is 1.22. The number of nitrogens with one attached hydrogen (secondary N) is 1. The van der Waals surface area contributed by atoms with Crippen LogP contribution in [0.2, 0.25) is 5.02 Å². The molecule has 0 fully saturated rings. The standard InChI is InChI=1S/C15H15ClFN5/c1-15(2,3)14-21-20-13-7-12(18-8-22(13)14)19-9-4-5-11(17)10(16)6-9/h4-8,19H,1-3H3. The third-order valence-electron chi connectivity index (χ3n) is 3.16. The van der Waals surface area contributed by atoms with Crippen LogP contribution in [0.1, 0.15) is 26.6 Å². The monoisotopic (exact) mass is 319 g/mol. The summed E-state index contributed by atoms with van der Waals surface area (Å²) in [5, 5.41) is 11.5. The molecule has 0 radical (unpaired) electrons. The Morgan fingerprint density at radius 1 is 1.18 bits per heavy atom. The Morgan fingerprint density at radius 2 is 1.95 bits per heavy atom. The van der Waals surface area contributed by atoms with Gasteiger partial charge in [0.1, 0.15) is 23.8 Å². The minimum Gasteiger partial charge on any atom is -0.340 e.